The maximum absolute atomic E-state index is 12.6. The number of para-hydroxylation sites is 2. The van der Waals surface area contributed by atoms with Gasteiger partial charge in [0.2, 0.25) is 0 Å². The van der Waals surface area contributed by atoms with Crippen LogP contribution in [0, 0.1) is 5.82 Å². The number of pyridine rings is 1. The molecule has 1 aromatic carbocycles. The fraction of sp³-hybridized carbons (Fsp3) is 0.154. The quantitative estimate of drug-likeness (QED) is 0.628. The number of nitrogens with two attached hydrogens (primary N) is 1. The van der Waals surface area contributed by atoms with Crippen LogP contribution in [0.15, 0.2) is 42.6 Å². The molecule has 0 aliphatic rings. The van der Waals surface area contributed by atoms with Crippen LogP contribution in [0.1, 0.15) is 0 Å². The minimum absolute atomic E-state index is 0.353. The van der Waals surface area contributed by atoms with Gasteiger partial charge in [0.1, 0.15) is 24.0 Å². The summed E-state index contributed by atoms with van der Waals surface area (Å²) in [7, 11) is 0. The normalized spacial score (nSPS) is 10.1. The van der Waals surface area contributed by atoms with E-state index in [9.17, 15) is 4.39 Å². The molecule has 0 radical (unpaired) electrons. The molecule has 0 saturated heterocycles. The molecule has 3 N–H and O–H groups in total. The lowest BCUT2D eigenvalue weighted by Gasteiger charge is -2.09. The number of anilines is 2. The SMILES string of the molecule is Nc1ccccc1OCCNc1ccc(F)cn1. The summed E-state index contributed by atoms with van der Waals surface area (Å²) in [6.45, 7) is 1.01. The first-order valence-corrected chi connectivity index (χ1v) is 5.58. The number of hydrogen-bond acceptors (Lipinski definition) is 4. The highest BCUT2D eigenvalue weighted by molar-refractivity contribution is 5.51. The zero-order chi connectivity index (χ0) is 12.8. The van der Waals surface area contributed by atoms with Crippen LogP contribution in [0.2, 0.25) is 0 Å². The molecule has 1 aromatic heterocycles. The third-order valence-corrected chi connectivity index (χ3v) is 2.31. The maximum atomic E-state index is 12.6. The van der Waals surface area contributed by atoms with Crippen molar-refractivity contribution < 1.29 is 9.13 Å². The van der Waals surface area contributed by atoms with Gasteiger partial charge in [-0.15, -0.1) is 0 Å². The average Bonchev–Trinajstić information content (AvgIpc) is 2.39. The van der Waals surface area contributed by atoms with Gasteiger partial charge in [-0.25, -0.2) is 9.37 Å². The molecule has 0 bridgehead atoms. The third-order valence-electron chi connectivity index (χ3n) is 2.31. The van der Waals surface area contributed by atoms with Crippen LogP contribution >= 0.6 is 0 Å². The number of nitrogens with zero attached hydrogens (tertiary/aromatic N) is 1. The highest BCUT2D eigenvalue weighted by atomic mass is 19.1. The second kappa shape index (κ2) is 5.86. The van der Waals surface area contributed by atoms with Gasteiger partial charge in [0.25, 0.3) is 0 Å². The zero-order valence-corrected chi connectivity index (χ0v) is 9.77. The number of benzene rings is 1. The zero-order valence-electron chi connectivity index (χ0n) is 9.77. The van der Waals surface area contributed by atoms with E-state index in [4.69, 9.17) is 10.5 Å². The molecular weight excluding hydrogens is 233 g/mol. The Morgan fingerprint density at radius 2 is 2.06 bits per heavy atom. The Morgan fingerprint density at radius 1 is 1.22 bits per heavy atom. The fourth-order valence-electron chi connectivity index (χ4n) is 1.43. The van der Waals surface area contributed by atoms with Crippen LogP contribution in [-0.4, -0.2) is 18.1 Å². The van der Waals surface area contributed by atoms with Gasteiger partial charge in [0, 0.05) is 0 Å². The Morgan fingerprint density at radius 3 is 2.78 bits per heavy atom. The minimum Gasteiger partial charge on any atom is -0.490 e. The molecule has 2 aromatic rings. The van der Waals surface area contributed by atoms with E-state index in [2.05, 4.69) is 10.3 Å². The summed E-state index contributed by atoms with van der Waals surface area (Å²) in [5.41, 5.74) is 6.34. The van der Waals surface area contributed by atoms with Crippen LogP contribution in [0.25, 0.3) is 0 Å². The summed E-state index contributed by atoms with van der Waals surface area (Å²) < 4.78 is 18.1. The van der Waals surface area contributed by atoms with Gasteiger partial charge in [-0.2, -0.15) is 0 Å². The van der Waals surface area contributed by atoms with E-state index in [0.29, 0.717) is 30.4 Å². The van der Waals surface area contributed by atoms with E-state index in [1.165, 1.54) is 12.3 Å². The minimum atomic E-state index is -0.353. The van der Waals surface area contributed by atoms with Crippen LogP contribution in [-0.2, 0) is 0 Å². The number of ether oxygens (including phenoxy) is 1. The van der Waals surface area contributed by atoms with Crippen LogP contribution in [0.3, 0.4) is 0 Å². The molecule has 0 unspecified atom stereocenters. The monoisotopic (exact) mass is 247 g/mol. The molecule has 5 heteroatoms. The van der Waals surface area contributed by atoms with Crippen molar-refractivity contribution in [2.24, 2.45) is 0 Å². The van der Waals surface area contributed by atoms with Crippen LogP contribution in [0.5, 0.6) is 5.75 Å². The fourth-order valence-corrected chi connectivity index (χ4v) is 1.43. The maximum Gasteiger partial charge on any atom is 0.142 e. The summed E-state index contributed by atoms with van der Waals surface area (Å²) in [6, 6.07) is 10.2. The number of rotatable bonds is 5. The van der Waals surface area contributed by atoms with E-state index in [1.54, 1.807) is 12.1 Å². The highest BCUT2D eigenvalue weighted by Crippen LogP contribution is 2.19. The number of hydrogen-bond donors (Lipinski definition) is 2. The number of aromatic nitrogens is 1. The first-order chi connectivity index (χ1) is 8.75. The molecular formula is C13H14FN3O. The van der Waals surface area contributed by atoms with Crippen molar-refractivity contribution in [2.75, 3.05) is 24.2 Å². The summed E-state index contributed by atoms with van der Waals surface area (Å²) in [5.74, 6) is 0.918. The second-order valence-corrected chi connectivity index (χ2v) is 3.67. The number of nitrogen functional groups attached to an aromatic ring is 1. The van der Waals surface area contributed by atoms with Crippen LogP contribution < -0.4 is 15.8 Å². The predicted octanol–water partition coefficient (Wildman–Crippen LogP) is 2.29. The average molecular weight is 247 g/mol. The second-order valence-electron chi connectivity index (χ2n) is 3.67. The Labute approximate surface area is 105 Å². The number of nitrogens with one attached hydrogen (secondary N) is 1. The van der Waals surface area contributed by atoms with Gasteiger partial charge in [-0.1, -0.05) is 12.1 Å². The van der Waals surface area contributed by atoms with E-state index in [0.717, 1.165) is 0 Å². The summed E-state index contributed by atoms with van der Waals surface area (Å²) in [5, 5.41) is 3.02. The molecule has 2 rings (SSSR count). The third kappa shape index (κ3) is 3.35. The van der Waals surface area contributed by atoms with Crippen molar-refractivity contribution in [3.8, 4) is 5.75 Å². The van der Waals surface area contributed by atoms with Gasteiger partial charge in [0.15, 0.2) is 0 Å². The molecule has 0 saturated carbocycles. The Balaban J connectivity index is 1.76. The first-order valence-electron chi connectivity index (χ1n) is 5.58. The van der Waals surface area contributed by atoms with Gasteiger partial charge in [-0.05, 0) is 24.3 Å². The summed E-state index contributed by atoms with van der Waals surface area (Å²) in [6.07, 6.45) is 1.17. The van der Waals surface area contributed by atoms with Crippen molar-refractivity contribution in [3.63, 3.8) is 0 Å². The smallest absolute Gasteiger partial charge is 0.142 e. The van der Waals surface area contributed by atoms with Crippen molar-refractivity contribution in [3.05, 3.63) is 48.4 Å². The Hall–Kier alpha value is -2.30. The van der Waals surface area contributed by atoms with E-state index >= 15 is 0 Å². The number of halogens is 1. The van der Waals surface area contributed by atoms with Gasteiger partial charge in [-0.3, -0.25) is 0 Å². The topological polar surface area (TPSA) is 60.2 Å². The molecule has 0 aliphatic heterocycles. The molecule has 0 aliphatic carbocycles. The van der Waals surface area contributed by atoms with Crippen LogP contribution in [0.4, 0.5) is 15.9 Å². The van der Waals surface area contributed by atoms with Crippen molar-refractivity contribution >= 4 is 11.5 Å². The largest absolute Gasteiger partial charge is 0.490 e. The molecule has 94 valence electrons. The lowest BCUT2D eigenvalue weighted by atomic mass is 10.3. The predicted molar refractivity (Wildman–Crippen MR) is 69.0 cm³/mol. The van der Waals surface area contributed by atoms with Gasteiger partial charge in [0.05, 0.1) is 18.4 Å². The highest BCUT2D eigenvalue weighted by Gasteiger charge is 1.98. The molecule has 0 amide bonds. The van der Waals surface area contributed by atoms with Crippen molar-refractivity contribution in [1.29, 1.82) is 0 Å². The Kier molecular flexibility index (Phi) is 3.96. The van der Waals surface area contributed by atoms with Crippen molar-refractivity contribution in [1.82, 2.24) is 4.98 Å². The molecule has 18 heavy (non-hydrogen) atoms. The standard InChI is InChI=1S/C13H14FN3O/c14-10-5-6-13(17-9-10)16-7-8-18-12-4-2-1-3-11(12)15/h1-6,9H,7-8,15H2,(H,16,17). The Bertz CT molecular complexity index is 502. The molecule has 1 heterocycles. The van der Waals surface area contributed by atoms with Gasteiger partial charge < -0.3 is 15.8 Å². The summed E-state index contributed by atoms with van der Waals surface area (Å²) in [4.78, 5) is 3.87. The molecule has 0 fully saturated rings. The molecule has 0 atom stereocenters. The lowest BCUT2D eigenvalue weighted by molar-refractivity contribution is 0.334. The van der Waals surface area contributed by atoms with E-state index in [-0.39, 0.29) is 5.82 Å². The first kappa shape index (κ1) is 12.2. The van der Waals surface area contributed by atoms with E-state index < -0.39 is 0 Å². The molecule has 0 spiro atoms. The van der Waals surface area contributed by atoms with E-state index in [1.807, 2.05) is 18.2 Å². The van der Waals surface area contributed by atoms with Gasteiger partial charge >= 0.3 is 0 Å². The molecule has 4 nitrogen and oxygen atoms in total. The van der Waals surface area contributed by atoms with Crippen molar-refractivity contribution in [2.45, 2.75) is 0 Å². The summed E-state index contributed by atoms with van der Waals surface area (Å²) >= 11 is 0. The lowest BCUT2D eigenvalue weighted by Crippen LogP contribution is -2.12.